The van der Waals surface area contributed by atoms with Gasteiger partial charge in [-0.25, -0.2) is 0 Å². The van der Waals surface area contributed by atoms with E-state index in [0.29, 0.717) is 28.3 Å². The smallest absolute Gasteiger partial charge is 0.294 e. The maximum atomic E-state index is 13.8. The summed E-state index contributed by atoms with van der Waals surface area (Å²) in [6.45, 7) is 2.18. The molecule has 0 saturated heterocycles. The first-order valence-corrected chi connectivity index (χ1v) is 11.4. The summed E-state index contributed by atoms with van der Waals surface area (Å²) < 4.78 is 12.0. The number of benzene rings is 3. The summed E-state index contributed by atoms with van der Waals surface area (Å²) in [5.74, 6) is -0.290. The van der Waals surface area contributed by atoms with Crippen LogP contribution in [0.3, 0.4) is 0 Å². The normalized spacial score (nSPS) is 17.7. The van der Waals surface area contributed by atoms with E-state index in [1.807, 2.05) is 60.7 Å². The quantitative estimate of drug-likeness (QED) is 0.431. The van der Waals surface area contributed by atoms with Crippen LogP contribution >= 0.6 is 11.6 Å². The minimum absolute atomic E-state index is 0.0313. The minimum atomic E-state index is -1.29. The summed E-state index contributed by atoms with van der Waals surface area (Å²) in [7, 11) is 0. The molecule has 0 radical (unpaired) electrons. The van der Waals surface area contributed by atoms with Crippen LogP contribution in [0.2, 0.25) is 5.02 Å². The average molecular weight is 475 g/mol. The molecule has 7 heteroatoms. The predicted molar refractivity (Wildman–Crippen MR) is 130 cm³/mol. The van der Waals surface area contributed by atoms with Crippen molar-refractivity contribution < 1.29 is 18.7 Å². The van der Waals surface area contributed by atoms with E-state index >= 15 is 0 Å². The number of carbonyl (C=O) groups excluding carboxylic acids is 2. The zero-order valence-corrected chi connectivity index (χ0v) is 19.3. The van der Waals surface area contributed by atoms with Gasteiger partial charge in [-0.15, -0.1) is 0 Å². The number of ether oxygens (including phenoxy) is 1. The second kappa shape index (κ2) is 8.88. The number of amides is 2. The summed E-state index contributed by atoms with van der Waals surface area (Å²) in [4.78, 5) is 28.9. The fourth-order valence-corrected chi connectivity index (χ4v) is 4.38. The molecule has 5 rings (SSSR count). The molecule has 4 aromatic rings. The topological polar surface area (TPSA) is 71.8 Å². The lowest BCUT2D eigenvalue weighted by atomic mass is 9.98. The standard InChI is InChI=1S/C27H23ClN2O4/c1-27(26(32)29-15-18-8-3-2-4-9-18)17-33-23-21-12-5-6-13-22(21)34-24(23)25(31)30(27)16-19-10-7-11-20(28)14-19/h2-14H,15-17H2,1H3,(H,29,32). The molecule has 1 atom stereocenters. The van der Waals surface area contributed by atoms with Crippen LogP contribution in [0.25, 0.3) is 11.0 Å². The Kier molecular flexibility index (Phi) is 5.75. The highest BCUT2D eigenvalue weighted by molar-refractivity contribution is 6.30. The number of hydrogen-bond acceptors (Lipinski definition) is 4. The fraction of sp³-hybridized carbons (Fsp3) is 0.185. The molecular weight excluding hydrogens is 452 g/mol. The Morgan fingerprint density at radius 2 is 1.76 bits per heavy atom. The van der Waals surface area contributed by atoms with Gasteiger partial charge in [-0.05, 0) is 42.3 Å². The van der Waals surface area contributed by atoms with Gasteiger partial charge in [-0.1, -0.05) is 66.2 Å². The molecule has 0 fully saturated rings. The molecule has 0 spiro atoms. The summed E-state index contributed by atoms with van der Waals surface area (Å²) >= 11 is 6.19. The summed E-state index contributed by atoms with van der Waals surface area (Å²) in [6.07, 6.45) is 0. The SMILES string of the molecule is CC1(C(=O)NCc2ccccc2)COc2c(oc3ccccc23)C(=O)N1Cc1cccc(Cl)c1. The van der Waals surface area contributed by atoms with Crippen molar-refractivity contribution >= 4 is 34.4 Å². The second-order valence-electron chi connectivity index (χ2n) is 8.51. The van der Waals surface area contributed by atoms with Gasteiger partial charge in [-0.2, -0.15) is 0 Å². The summed E-state index contributed by atoms with van der Waals surface area (Å²) in [6, 6.07) is 24.1. The van der Waals surface area contributed by atoms with Gasteiger partial charge in [0.05, 0.1) is 5.39 Å². The van der Waals surface area contributed by atoms with E-state index in [0.717, 1.165) is 11.1 Å². The van der Waals surface area contributed by atoms with Gasteiger partial charge >= 0.3 is 0 Å². The molecule has 1 aromatic heterocycles. The third kappa shape index (κ3) is 4.01. The molecule has 0 saturated carbocycles. The lowest BCUT2D eigenvalue weighted by molar-refractivity contribution is -0.133. The molecule has 2 amide bonds. The van der Waals surface area contributed by atoms with Crippen molar-refractivity contribution in [1.82, 2.24) is 10.2 Å². The van der Waals surface area contributed by atoms with Crippen molar-refractivity contribution in [2.75, 3.05) is 6.61 Å². The number of hydrogen-bond donors (Lipinski definition) is 1. The van der Waals surface area contributed by atoms with Crippen molar-refractivity contribution in [3.63, 3.8) is 0 Å². The number of rotatable bonds is 5. The number of nitrogens with one attached hydrogen (secondary N) is 1. The Bertz CT molecular complexity index is 1370. The second-order valence-corrected chi connectivity index (χ2v) is 8.94. The number of nitrogens with zero attached hydrogens (tertiary/aromatic N) is 1. The van der Waals surface area contributed by atoms with Crippen LogP contribution in [0.4, 0.5) is 0 Å². The molecule has 172 valence electrons. The minimum Gasteiger partial charge on any atom is -0.486 e. The number of fused-ring (bicyclic) bond motifs is 3. The van der Waals surface area contributed by atoms with Crippen molar-refractivity contribution in [3.05, 3.63) is 101 Å². The fourth-order valence-electron chi connectivity index (χ4n) is 4.16. The number of carbonyl (C=O) groups is 2. The Labute approximate surface area is 202 Å². The lowest BCUT2D eigenvalue weighted by Gasteiger charge is -2.37. The van der Waals surface area contributed by atoms with Gasteiger partial charge in [0.25, 0.3) is 5.91 Å². The monoisotopic (exact) mass is 474 g/mol. The summed E-state index contributed by atoms with van der Waals surface area (Å²) in [5, 5.41) is 4.22. The van der Waals surface area contributed by atoms with Gasteiger partial charge in [-0.3, -0.25) is 9.59 Å². The number of halogens is 1. The molecule has 0 aliphatic carbocycles. The van der Waals surface area contributed by atoms with Crippen LogP contribution in [0, 0.1) is 0 Å². The highest BCUT2D eigenvalue weighted by Gasteiger charge is 2.47. The van der Waals surface area contributed by atoms with Gasteiger partial charge in [0, 0.05) is 18.1 Å². The Balaban J connectivity index is 1.53. The van der Waals surface area contributed by atoms with E-state index in [9.17, 15) is 9.59 Å². The first kappa shape index (κ1) is 22.0. The Hall–Kier alpha value is -3.77. The van der Waals surface area contributed by atoms with E-state index in [4.69, 9.17) is 20.8 Å². The molecule has 3 aromatic carbocycles. The molecule has 2 heterocycles. The molecule has 34 heavy (non-hydrogen) atoms. The van der Waals surface area contributed by atoms with Gasteiger partial charge in [0.15, 0.2) is 11.3 Å². The van der Waals surface area contributed by atoms with E-state index in [1.165, 1.54) is 4.90 Å². The summed E-state index contributed by atoms with van der Waals surface area (Å²) in [5.41, 5.74) is 1.01. The third-order valence-corrected chi connectivity index (χ3v) is 6.33. The number of furan rings is 1. The molecule has 0 bridgehead atoms. The molecule has 6 nitrogen and oxygen atoms in total. The molecule has 1 aliphatic heterocycles. The van der Waals surface area contributed by atoms with E-state index in [1.54, 1.807) is 25.1 Å². The zero-order valence-electron chi connectivity index (χ0n) is 18.6. The van der Waals surface area contributed by atoms with Crippen LogP contribution in [0.1, 0.15) is 28.6 Å². The van der Waals surface area contributed by atoms with E-state index in [-0.39, 0.29) is 24.8 Å². The third-order valence-electron chi connectivity index (χ3n) is 6.10. The van der Waals surface area contributed by atoms with Crippen LogP contribution in [0.15, 0.2) is 83.3 Å². The molecule has 1 unspecified atom stereocenters. The molecule has 1 N–H and O–H groups in total. The van der Waals surface area contributed by atoms with Gasteiger partial charge in [0.2, 0.25) is 11.7 Å². The van der Waals surface area contributed by atoms with Gasteiger partial charge < -0.3 is 19.4 Å². The average Bonchev–Trinajstić information content (AvgIpc) is 3.19. The van der Waals surface area contributed by atoms with Crippen molar-refractivity contribution in [2.45, 2.75) is 25.6 Å². The van der Waals surface area contributed by atoms with Crippen LogP contribution in [0.5, 0.6) is 5.75 Å². The van der Waals surface area contributed by atoms with Crippen molar-refractivity contribution in [3.8, 4) is 5.75 Å². The zero-order chi connectivity index (χ0) is 23.7. The first-order valence-electron chi connectivity index (χ1n) is 11.0. The van der Waals surface area contributed by atoms with E-state index in [2.05, 4.69) is 5.32 Å². The maximum Gasteiger partial charge on any atom is 0.294 e. The Morgan fingerprint density at radius 1 is 1.03 bits per heavy atom. The van der Waals surface area contributed by atoms with Crippen molar-refractivity contribution in [1.29, 1.82) is 0 Å². The van der Waals surface area contributed by atoms with Gasteiger partial charge in [0.1, 0.15) is 12.2 Å². The van der Waals surface area contributed by atoms with Crippen LogP contribution in [-0.4, -0.2) is 28.9 Å². The first-order chi connectivity index (χ1) is 16.5. The highest BCUT2D eigenvalue weighted by atomic mass is 35.5. The van der Waals surface area contributed by atoms with E-state index < -0.39 is 11.4 Å². The number of para-hydroxylation sites is 1. The van der Waals surface area contributed by atoms with Crippen LogP contribution < -0.4 is 10.1 Å². The Morgan fingerprint density at radius 3 is 2.56 bits per heavy atom. The maximum absolute atomic E-state index is 13.8. The van der Waals surface area contributed by atoms with Crippen molar-refractivity contribution in [2.24, 2.45) is 0 Å². The molecule has 1 aliphatic rings. The predicted octanol–water partition coefficient (Wildman–Crippen LogP) is 5.20. The lowest BCUT2D eigenvalue weighted by Crippen LogP contribution is -2.60. The largest absolute Gasteiger partial charge is 0.486 e. The van der Waals surface area contributed by atoms with Crippen LogP contribution in [-0.2, 0) is 17.9 Å². The highest BCUT2D eigenvalue weighted by Crippen LogP contribution is 2.39. The molecular formula is C27H23ClN2O4.